The summed E-state index contributed by atoms with van der Waals surface area (Å²) in [5.74, 6) is 1.47. The first-order chi connectivity index (χ1) is 8.10. The van der Waals surface area contributed by atoms with Crippen LogP contribution < -0.4 is 10.1 Å². The predicted octanol–water partition coefficient (Wildman–Crippen LogP) is 3.07. The quantitative estimate of drug-likeness (QED) is 0.868. The van der Waals surface area contributed by atoms with Gasteiger partial charge in [0.25, 0.3) is 0 Å². The van der Waals surface area contributed by atoms with Crippen molar-refractivity contribution in [3.8, 4) is 5.75 Å². The van der Waals surface area contributed by atoms with E-state index in [-0.39, 0.29) is 11.3 Å². The van der Waals surface area contributed by atoms with Crippen molar-refractivity contribution in [3.63, 3.8) is 0 Å². The van der Waals surface area contributed by atoms with Crippen LogP contribution >= 0.6 is 0 Å². The van der Waals surface area contributed by atoms with E-state index in [0.717, 1.165) is 24.3 Å². The molecule has 0 spiro atoms. The fourth-order valence-electron chi connectivity index (χ4n) is 2.27. The summed E-state index contributed by atoms with van der Waals surface area (Å²) in [6, 6.07) is 7.43. The van der Waals surface area contributed by atoms with Crippen LogP contribution in [-0.2, 0) is 4.79 Å². The van der Waals surface area contributed by atoms with Crippen LogP contribution in [0.15, 0.2) is 24.3 Å². The molecule has 1 aromatic rings. The molecule has 0 heterocycles. The SMILES string of the molecule is CCC1CC1(C)C(=O)Nc1ccc(OC)cc1. The number of carbonyl (C=O) groups is 1. The van der Waals surface area contributed by atoms with Crippen molar-refractivity contribution in [2.75, 3.05) is 12.4 Å². The summed E-state index contributed by atoms with van der Waals surface area (Å²) in [6.45, 7) is 4.18. The van der Waals surface area contributed by atoms with E-state index in [9.17, 15) is 4.79 Å². The van der Waals surface area contributed by atoms with E-state index in [1.165, 1.54) is 0 Å². The predicted molar refractivity (Wildman–Crippen MR) is 68.1 cm³/mol. The average Bonchev–Trinajstić information content (AvgIpc) is 3.03. The molecule has 2 rings (SSSR count). The highest BCUT2D eigenvalue weighted by molar-refractivity contribution is 5.97. The van der Waals surface area contributed by atoms with Gasteiger partial charge in [0.1, 0.15) is 5.75 Å². The zero-order chi connectivity index (χ0) is 12.5. The molecule has 1 N–H and O–H groups in total. The second kappa shape index (κ2) is 4.40. The lowest BCUT2D eigenvalue weighted by Crippen LogP contribution is -2.23. The van der Waals surface area contributed by atoms with E-state index in [1.54, 1.807) is 7.11 Å². The molecule has 0 radical (unpaired) electrons. The van der Waals surface area contributed by atoms with E-state index in [0.29, 0.717) is 5.92 Å². The molecule has 3 nitrogen and oxygen atoms in total. The van der Waals surface area contributed by atoms with Gasteiger partial charge in [0.05, 0.1) is 7.11 Å². The molecular weight excluding hydrogens is 214 g/mol. The van der Waals surface area contributed by atoms with Crippen molar-refractivity contribution < 1.29 is 9.53 Å². The first-order valence-electron chi connectivity index (χ1n) is 6.05. The number of nitrogens with one attached hydrogen (secondary N) is 1. The first-order valence-corrected chi connectivity index (χ1v) is 6.05. The molecule has 3 heteroatoms. The number of anilines is 1. The van der Waals surface area contributed by atoms with Crippen molar-refractivity contribution in [1.29, 1.82) is 0 Å². The van der Waals surface area contributed by atoms with Crippen LogP contribution in [0.3, 0.4) is 0 Å². The Morgan fingerprint density at radius 3 is 2.59 bits per heavy atom. The summed E-state index contributed by atoms with van der Waals surface area (Å²) in [6.07, 6.45) is 2.08. The highest BCUT2D eigenvalue weighted by Gasteiger charge is 2.54. The fourth-order valence-corrected chi connectivity index (χ4v) is 2.27. The van der Waals surface area contributed by atoms with Crippen molar-refractivity contribution in [2.24, 2.45) is 11.3 Å². The molecule has 92 valence electrons. The Hall–Kier alpha value is -1.51. The maximum absolute atomic E-state index is 12.1. The monoisotopic (exact) mass is 233 g/mol. The van der Waals surface area contributed by atoms with Crippen molar-refractivity contribution in [3.05, 3.63) is 24.3 Å². The van der Waals surface area contributed by atoms with Gasteiger partial charge in [-0.05, 0) is 36.6 Å². The molecule has 0 bridgehead atoms. The van der Waals surface area contributed by atoms with Gasteiger partial charge in [-0.25, -0.2) is 0 Å². The van der Waals surface area contributed by atoms with Gasteiger partial charge in [-0.1, -0.05) is 20.3 Å². The van der Waals surface area contributed by atoms with Crippen LogP contribution in [0.5, 0.6) is 5.75 Å². The van der Waals surface area contributed by atoms with Gasteiger partial charge in [0.2, 0.25) is 5.91 Å². The number of hydrogen-bond acceptors (Lipinski definition) is 2. The molecule has 2 unspecified atom stereocenters. The molecule has 0 saturated heterocycles. The summed E-state index contributed by atoms with van der Waals surface area (Å²) in [5.41, 5.74) is 0.674. The standard InChI is InChI=1S/C14H19NO2/c1-4-10-9-14(10,2)13(16)15-11-5-7-12(17-3)8-6-11/h5-8,10H,4,9H2,1-3H3,(H,15,16). The Morgan fingerprint density at radius 2 is 2.12 bits per heavy atom. The minimum Gasteiger partial charge on any atom is -0.497 e. The molecular formula is C14H19NO2. The minimum absolute atomic E-state index is 0.134. The summed E-state index contributed by atoms with van der Waals surface area (Å²) in [5, 5.41) is 2.97. The lowest BCUT2D eigenvalue weighted by atomic mass is 10.0. The fraction of sp³-hybridized carbons (Fsp3) is 0.500. The van der Waals surface area contributed by atoms with Gasteiger partial charge in [0.15, 0.2) is 0 Å². The second-order valence-corrected chi connectivity index (χ2v) is 4.91. The Balaban J connectivity index is 1.99. The largest absolute Gasteiger partial charge is 0.497 e. The molecule has 1 aliphatic rings. The van der Waals surface area contributed by atoms with Crippen LogP contribution in [0.2, 0.25) is 0 Å². The molecule has 1 amide bonds. The Bertz CT molecular complexity index is 413. The normalized spacial score (nSPS) is 26.4. The molecule has 1 saturated carbocycles. The number of benzene rings is 1. The molecule has 1 aliphatic carbocycles. The summed E-state index contributed by atoms with van der Waals surface area (Å²) >= 11 is 0. The van der Waals surface area contributed by atoms with Crippen molar-refractivity contribution >= 4 is 11.6 Å². The smallest absolute Gasteiger partial charge is 0.230 e. The average molecular weight is 233 g/mol. The highest BCUT2D eigenvalue weighted by Crippen LogP contribution is 2.54. The van der Waals surface area contributed by atoms with Gasteiger partial charge in [-0.15, -0.1) is 0 Å². The molecule has 0 aliphatic heterocycles. The van der Waals surface area contributed by atoms with E-state index in [2.05, 4.69) is 12.2 Å². The van der Waals surface area contributed by atoms with Crippen LogP contribution in [0, 0.1) is 11.3 Å². The summed E-state index contributed by atoms with van der Waals surface area (Å²) in [4.78, 5) is 12.1. The number of carbonyl (C=O) groups excluding carboxylic acids is 1. The Labute approximate surface area is 102 Å². The van der Waals surface area contributed by atoms with Gasteiger partial charge in [-0.3, -0.25) is 4.79 Å². The number of ether oxygens (including phenoxy) is 1. The third-order valence-corrected chi connectivity index (χ3v) is 3.77. The topological polar surface area (TPSA) is 38.3 Å². The molecule has 17 heavy (non-hydrogen) atoms. The summed E-state index contributed by atoms with van der Waals surface area (Å²) < 4.78 is 5.08. The zero-order valence-corrected chi connectivity index (χ0v) is 10.6. The highest BCUT2D eigenvalue weighted by atomic mass is 16.5. The molecule has 1 fully saturated rings. The van der Waals surface area contributed by atoms with Crippen LogP contribution in [-0.4, -0.2) is 13.0 Å². The lowest BCUT2D eigenvalue weighted by Gasteiger charge is -2.12. The third-order valence-electron chi connectivity index (χ3n) is 3.77. The van der Waals surface area contributed by atoms with Gasteiger partial charge < -0.3 is 10.1 Å². The van der Waals surface area contributed by atoms with E-state index >= 15 is 0 Å². The van der Waals surface area contributed by atoms with Gasteiger partial charge in [0, 0.05) is 11.1 Å². The van der Waals surface area contributed by atoms with Crippen LogP contribution in [0.25, 0.3) is 0 Å². The maximum atomic E-state index is 12.1. The minimum atomic E-state index is -0.158. The van der Waals surface area contributed by atoms with E-state index in [4.69, 9.17) is 4.74 Å². The molecule has 2 atom stereocenters. The number of amides is 1. The first kappa shape index (κ1) is 12.0. The van der Waals surface area contributed by atoms with Crippen molar-refractivity contribution in [1.82, 2.24) is 0 Å². The number of hydrogen-bond donors (Lipinski definition) is 1. The Morgan fingerprint density at radius 1 is 1.47 bits per heavy atom. The third kappa shape index (κ3) is 2.28. The maximum Gasteiger partial charge on any atom is 0.230 e. The summed E-state index contributed by atoms with van der Waals surface area (Å²) in [7, 11) is 1.63. The van der Waals surface area contributed by atoms with Gasteiger partial charge >= 0.3 is 0 Å². The lowest BCUT2D eigenvalue weighted by molar-refractivity contribution is -0.121. The Kier molecular flexibility index (Phi) is 3.09. The van der Waals surface area contributed by atoms with Crippen LogP contribution in [0.1, 0.15) is 26.7 Å². The van der Waals surface area contributed by atoms with Gasteiger partial charge in [-0.2, -0.15) is 0 Å². The zero-order valence-electron chi connectivity index (χ0n) is 10.6. The van der Waals surface area contributed by atoms with Crippen LogP contribution in [0.4, 0.5) is 5.69 Å². The second-order valence-electron chi connectivity index (χ2n) is 4.91. The molecule has 0 aromatic heterocycles. The van der Waals surface area contributed by atoms with Crippen molar-refractivity contribution in [2.45, 2.75) is 26.7 Å². The van der Waals surface area contributed by atoms with E-state index < -0.39 is 0 Å². The molecule has 1 aromatic carbocycles. The van der Waals surface area contributed by atoms with E-state index in [1.807, 2.05) is 31.2 Å². The number of methoxy groups -OCH3 is 1. The number of rotatable bonds is 4.